The summed E-state index contributed by atoms with van der Waals surface area (Å²) in [6.45, 7) is 0. The van der Waals surface area contributed by atoms with Crippen molar-refractivity contribution < 1.29 is 9.47 Å². The molecule has 0 radical (unpaired) electrons. The summed E-state index contributed by atoms with van der Waals surface area (Å²) in [5, 5.41) is 0. The fourth-order valence-electron chi connectivity index (χ4n) is 1.83. The van der Waals surface area contributed by atoms with Crippen molar-refractivity contribution in [1.82, 2.24) is 0 Å². The van der Waals surface area contributed by atoms with Gasteiger partial charge in [-0.3, -0.25) is 0 Å². The third-order valence-corrected chi connectivity index (χ3v) is 6.54. The van der Waals surface area contributed by atoms with Crippen LogP contribution in [0.3, 0.4) is 0 Å². The molecule has 0 fully saturated rings. The second kappa shape index (κ2) is 7.16. The first-order chi connectivity index (χ1) is 9.55. The zero-order valence-electron chi connectivity index (χ0n) is 11.0. The van der Waals surface area contributed by atoms with Crippen molar-refractivity contribution in [1.29, 1.82) is 0 Å². The lowest BCUT2D eigenvalue weighted by atomic mass is 10.1. The Morgan fingerprint density at radius 1 is 1.20 bits per heavy atom. The van der Waals surface area contributed by atoms with Gasteiger partial charge in [0, 0.05) is 9.35 Å². The van der Waals surface area contributed by atoms with Gasteiger partial charge in [0.1, 0.15) is 4.34 Å². The normalized spacial score (nSPS) is 12.2. The Balaban J connectivity index is 2.17. The summed E-state index contributed by atoms with van der Waals surface area (Å²) >= 11 is 14.8. The van der Waals surface area contributed by atoms with Gasteiger partial charge in [0.25, 0.3) is 0 Å². The van der Waals surface area contributed by atoms with E-state index in [-0.39, 0.29) is 4.83 Å². The van der Waals surface area contributed by atoms with Crippen molar-refractivity contribution >= 4 is 54.8 Å². The average Bonchev–Trinajstić information content (AvgIpc) is 2.78. The zero-order valence-corrected chi connectivity index (χ0v) is 15.7. The van der Waals surface area contributed by atoms with Gasteiger partial charge >= 0.3 is 0 Å². The molecular formula is C14H13Br2ClO2S. The van der Waals surface area contributed by atoms with Crippen LogP contribution in [0.1, 0.15) is 15.3 Å². The Labute approximate surface area is 144 Å². The lowest BCUT2D eigenvalue weighted by Gasteiger charge is -2.11. The van der Waals surface area contributed by atoms with Crippen LogP contribution in [0, 0.1) is 0 Å². The lowest BCUT2D eigenvalue weighted by Crippen LogP contribution is -1.96. The minimum Gasteiger partial charge on any atom is -0.493 e. The van der Waals surface area contributed by atoms with E-state index in [0.29, 0.717) is 0 Å². The number of ether oxygens (including phenoxy) is 2. The summed E-state index contributed by atoms with van der Waals surface area (Å²) in [6, 6.07) is 8.01. The molecule has 0 aliphatic rings. The fourth-order valence-corrected chi connectivity index (χ4v) is 4.33. The smallest absolute Gasteiger partial charge is 0.160 e. The number of methoxy groups -OCH3 is 2. The number of alkyl halides is 1. The maximum atomic E-state index is 6.08. The van der Waals surface area contributed by atoms with Gasteiger partial charge in [0.15, 0.2) is 11.5 Å². The molecule has 0 aliphatic carbocycles. The molecule has 0 saturated carbocycles. The third kappa shape index (κ3) is 3.70. The van der Waals surface area contributed by atoms with Crippen molar-refractivity contribution in [2.75, 3.05) is 14.2 Å². The van der Waals surface area contributed by atoms with E-state index in [1.54, 1.807) is 25.6 Å². The fraction of sp³-hybridized carbons (Fsp3) is 0.286. The van der Waals surface area contributed by atoms with Gasteiger partial charge in [0.05, 0.1) is 19.0 Å². The summed E-state index contributed by atoms with van der Waals surface area (Å²) in [6.07, 6.45) is 0.851. The topological polar surface area (TPSA) is 18.5 Å². The summed E-state index contributed by atoms with van der Waals surface area (Å²) in [7, 11) is 3.28. The highest BCUT2D eigenvalue weighted by atomic mass is 79.9. The molecule has 0 aliphatic heterocycles. The molecule has 2 rings (SSSR count). The molecule has 0 bridgehead atoms. The van der Waals surface area contributed by atoms with Gasteiger partial charge in [-0.1, -0.05) is 33.6 Å². The summed E-state index contributed by atoms with van der Waals surface area (Å²) in [5.74, 6) is 1.49. The van der Waals surface area contributed by atoms with E-state index < -0.39 is 0 Å². The Bertz CT molecular complexity index is 581. The van der Waals surface area contributed by atoms with E-state index in [0.717, 1.165) is 26.7 Å². The van der Waals surface area contributed by atoms with Crippen molar-refractivity contribution in [3.05, 3.63) is 43.5 Å². The molecule has 0 N–H and O–H groups in total. The van der Waals surface area contributed by atoms with Crippen molar-refractivity contribution in [3.8, 4) is 11.5 Å². The molecule has 108 valence electrons. The Kier molecular flexibility index (Phi) is 5.78. The van der Waals surface area contributed by atoms with E-state index >= 15 is 0 Å². The second-order valence-corrected chi connectivity index (χ2v) is 7.78. The number of benzene rings is 1. The number of thiophene rings is 1. The standard InChI is InChI=1S/C14H13Br2ClO2S/c1-18-11-4-3-8(6-12(11)19-2)5-9(15)13-7-10(16)14(17)20-13/h3-4,6-7,9H,5H2,1-2H3. The summed E-state index contributed by atoms with van der Waals surface area (Å²) < 4.78 is 12.3. The summed E-state index contributed by atoms with van der Waals surface area (Å²) in [5.41, 5.74) is 1.17. The third-order valence-electron chi connectivity index (χ3n) is 2.84. The molecule has 1 aromatic heterocycles. The van der Waals surface area contributed by atoms with Crippen LogP contribution in [0.25, 0.3) is 0 Å². The predicted octanol–water partition coefficient (Wildman–Crippen LogP) is 5.86. The van der Waals surface area contributed by atoms with Gasteiger partial charge in [-0.25, -0.2) is 0 Å². The lowest BCUT2D eigenvalue weighted by molar-refractivity contribution is 0.354. The van der Waals surface area contributed by atoms with E-state index in [9.17, 15) is 0 Å². The molecule has 0 amide bonds. The largest absolute Gasteiger partial charge is 0.493 e. The van der Waals surface area contributed by atoms with Gasteiger partial charge < -0.3 is 9.47 Å². The highest BCUT2D eigenvalue weighted by Crippen LogP contribution is 2.40. The maximum Gasteiger partial charge on any atom is 0.160 e. The van der Waals surface area contributed by atoms with Crippen molar-refractivity contribution in [2.45, 2.75) is 11.2 Å². The Morgan fingerprint density at radius 2 is 1.90 bits per heavy atom. The SMILES string of the molecule is COc1ccc(CC(Br)c2cc(Br)c(Cl)s2)cc1OC. The molecular weight excluding hydrogens is 427 g/mol. The van der Waals surface area contributed by atoms with Crippen molar-refractivity contribution in [3.63, 3.8) is 0 Å². The highest BCUT2D eigenvalue weighted by Gasteiger charge is 2.15. The number of halogens is 3. The number of hydrogen-bond donors (Lipinski definition) is 0. The minimum atomic E-state index is 0.217. The molecule has 0 saturated heterocycles. The average molecular weight is 441 g/mol. The van der Waals surface area contributed by atoms with Crippen LogP contribution in [-0.2, 0) is 6.42 Å². The van der Waals surface area contributed by atoms with Crippen LogP contribution in [0.2, 0.25) is 4.34 Å². The minimum absolute atomic E-state index is 0.217. The van der Waals surface area contributed by atoms with Crippen LogP contribution in [0.4, 0.5) is 0 Å². The second-order valence-electron chi connectivity index (χ2n) is 4.13. The van der Waals surface area contributed by atoms with Gasteiger partial charge in [-0.15, -0.1) is 11.3 Å². The van der Waals surface area contributed by atoms with Crippen LogP contribution < -0.4 is 9.47 Å². The van der Waals surface area contributed by atoms with Crippen LogP contribution in [0.5, 0.6) is 11.5 Å². The van der Waals surface area contributed by atoms with Crippen molar-refractivity contribution in [2.24, 2.45) is 0 Å². The zero-order chi connectivity index (χ0) is 14.7. The maximum absolute atomic E-state index is 6.08. The molecule has 1 aromatic carbocycles. The van der Waals surface area contributed by atoms with E-state index in [1.807, 2.05) is 24.3 Å². The van der Waals surface area contributed by atoms with Crippen LogP contribution in [-0.4, -0.2) is 14.2 Å². The first kappa shape index (κ1) is 16.1. The molecule has 1 unspecified atom stereocenters. The number of rotatable bonds is 5. The first-order valence-electron chi connectivity index (χ1n) is 5.85. The van der Waals surface area contributed by atoms with Crippen LogP contribution >= 0.6 is 54.8 Å². The molecule has 0 spiro atoms. The first-order valence-corrected chi connectivity index (χ1v) is 8.75. The highest BCUT2D eigenvalue weighted by molar-refractivity contribution is 9.10. The summed E-state index contributed by atoms with van der Waals surface area (Å²) in [4.78, 5) is 1.41. The van der Waals surface area contributed by atoms with Gasteiger partial charge in [-0.2, -0.15) is 0 Å². The Hall–Kier alpha value is -0.230. The van der Waals surface area contributed by atoms with Gasteiger partial charge in [-0.05, 0) is 46.1 Å². The van der Waals surface area contributed by atoms with Crippen LogP contribution in [0.15, 0.2) is 28.7 Å². The molecule has 1 heterocycles. The quantitative estimate of drug-likeness (QED) is 0.542. The predicted molar refractivity (Wildman–Crippen MR) is 91.9 cm³/mol. The molecule has 1 atom stereocenters. The molecule has 2 nitrogen and oxygen atoms in total. The molecule has 20 heavy (non-hydrogen) atoms. The number of hydrogen-bond acceptors (Lipinski definition) is 3. The monoisotopic (exact) mass is 438 g/mol. The Morgan fingerprint density at radius 3 is 2.45 bits per heavy atom. The molecule has 6 heteroatoms. The van der Waals surface area contributed by atoms with E-state index in [2.05, 4.69) is 31.9 Å². The van der Waals surface area contributed by atoms with E-state index in [1.165, 1.54) is 10.4 Å². The van der Waals surface area contributed by atoms with Gasteiger partial charge in [0.2, 0.25) is 0 Å². The molecule has 2 aromatic rings. The van der Waals surface area contributed by atoms with E-state index in [4.69, 9.17) is 21.1 Å².